The highest BCUT2D eigenvalue weighted by atomic mass is 32.1. The average Bonchev–Trinajstić information content (AvgIpc) is 3.38. The third-order valence-corrected chi connectivity index (χ3v) is 6.34. The van der Waals surface area contributed by atoms with E-state index in [0.29, 0.717) is 29.8 Å². The van der Waals surface area contributed by atoms with Crippen LogP contribution in [0.3, 0.4) is 0 Å². The molecule has 0 unspecified atom stereocenters. The van der Waals surface area contributed by atoms with Gasteiger partial charge in [0, 0.05) is 6.08 Å². The van der Waals surface area contributed by atoms with Crippen LogP contribution >= 0.6 is 11.3 Å². The van der Waals surface area contributed by atoms with Crippen LogP contribution < -0.4 is 5.32 Å². The maximum atomic E-state index is 13.1. The van der Waals surface area contributed by atoms with Gasteiger partial charge in [-0.3, -0.25) is 9.59 Å². The Morgan fingerprint density at radius 3 is 2.85 bits per heavy atom. The second-order valence-corrected chi connectivity index (χ2v) is 8.19. The van der Waals surface area contributed by atoms with Crippen LogP contribution in [-0.4, -0.2) is 41.4 Å². The van der Waals surface area contributed by atoms with E-state index in [2.05, 4.69) is 10.3 Å². The van der Waals surface area contributed by atoms with Gasteiger partial charge in [0.1, 0.15) is 11.8 Å². The molecule has 2 amide bonds. The molecule has 1 saturated carbocycles. The number of hydrogen-bond acceptors (Lipinski definition) is 5. The van der Waals surface area contributed by atoms with Crippen molar-refractivity contribution in [1.82, 2.24) is 9.88 Å². The highest BCUT2D eigenvalue weighted by Crippen LogP contribution is 2.32. The minimum absolute atomic E-state index is 0.158. The largest absolute Gasteiger partial charge is 0.499 e. The number of methoxy groups -OCH3 is 1. The van der Waals surface area contributed by atoms with E-state index in [1.165, 1.54) is 30.3 Å². The van der Waals surface area contributed by atoms with E-state index in [1.54, 1.807) is 12.0 Å². The summed E-state index contributed by atoms with van der Waals surface area (Å²) < 4.78 is 6.25. The molecule has 7 heteroatoms. The van der Waals surface area contributed by atoms with Crippen LogP contribution in [-0.2, 0) is 14.3 Å². The van der Waals surface area contributed by atoms with E-state index in [0.717, 1.165) is 23.1 Å². The number of para-hydroxylation sites is 1. The van der Waals surface area contributed by atoms with Crippen molar-refractivity contribution in [3.8, 4) is 0 Å². The predicted molar refractivity (Wildman–Crippen MR) is 105 cm³/mol. The van der Waals surface area contributed by atoms with Gasteiger partial charge in [-0.15, -0.1) is 0 Å². The Hall–Kier alpha value is -2.41. The SMILES string of the molecule is COC1=CC(=O)N([C@@H](CC2CCCC2)C(=O)Nc2nc3ccccc3s2)C1. The molecule has 1 aliphatic carbocycles. The Labute approximate surface area is 162 Å². The molecule has 0 spiro atoms. The first-order valence-corrected chi connectivity index (χ1v) is 10.2. The molecule has 6 nitrogen and oxygen atoms in total. The molecule has 1 N–H and O–H groups in total. The van der Waals surface area contributed by atoms with Gasteiger partial charge in [0.2, 0.25) is 5.91 Å². The zero-order valence-corrected chi connectivity index (χ0v) is 16.1. The van der Waals surface area contributed by atoms with Gasteiger partial charge in [-0.05, 0) is 24.5 Å². The van der Waals surface area contributed by atoms with Crippen LogP contribution in [0.5, 0.6) is 0 Å². The normalized spacial score (nSPS) is 18.8. The first-order valence-electron chi connectivity index (χ1n) is 9.35. The summed E-state index contributed by atoms with van der Waals surface area (Å²) in [6.07, 6.45) is 6.81. The number of amides is 2. The van der Waals surface area contributed by atoms with Crippen LogP contribution in [0, 0.1) is 5.92 Å². The van der Waals surface area contributed by atoms with E-state index in [1.807, 2.05) is 24.3 Å². The monoisotopic (exact) mass is 385 g/mol. The third kappa shape index (κ3) is 3.83. The summed E-state index contributed by atoms with van der Waals surface area (Å²) in [6.45, 7) is 0.347. The smallest absolute Gasteiger partial charge is 0.251 e. The number of benzene rings is 1. The van der Waals surface area contributed by atoms with Gasteiger partial charge in [0.05, 0.1) is 23.9 Å². The molecule has 1 fully saturated rings. The zero-order chi connectivity index (χ0) is 18.8. The van der Waals surface area contributed by atoms with E-state index in [-0.39, 0.29) is 11.8 Å². The summed E-state index contributed by atoms with van der Waals surface area (Å²) in [6, 6.07) is 7.29. The number of carbonyl (C=O) groups is 2. The molecule has 0 radical (unpaired) electrons. The number of nitrogens with zero attached hydrogens (tertiary/aromatic N) is 2. The molecule has 142 valence electrons. The lowest BCUT2D eigenvalue weighted by Crippen LogP contribution is -2.46. The van der Waals surface area contributed by atoms with Crippen LogP contribution in [0.25, 0.3) is 10.2 Å². The number of carbonyl (C=O) groups excluding carboxylic acids is 2. The Balaban J connectivity index is 1.53. The van der Waals surface area contributed by atoms with Crippen molar-refractivity contribution in [2.75, 3.05) is 19.0 Å². The lowest BCUT2D eigenvalue weighted by Gasteiger charge is -2.28. The van der Waals surface area contributed by atoms with Gasteiger partial charge in [0.25, 0.3) is 5.91 Å². The second-order valence-electron chi connectivity index (χ2n) is 7.16. The summed E-state index contributed by atoms with van der Waals surface area (Å²) in [7, 11) is 1.55. The zero-order valence-electron chi connectivity index (χ0n) is 15.3. The molecule has 1 atom stereocenters. The average molecular weight is 385 g/mol. The summed E-state index contributed by atoms with van der Waals surface area (Å²) in [5.41, 5.74) is 0.866. The van der Waals surface area contributed by atoms with E-state index in [9.17, 15) is 9.59 Å². The highest BCUT2D eigenvalue weighted by molar-refractivity contribution is 7.22. The molecule has 4 rings (SSSR count). The number of rotatable bonds is 6. The lowest BCUT2D eigenvalue weighted by atomic mass is 9.97. The van der Waals surface area contributed by atoms with Gasteiger partial charge in [-0.25, -0.2) is 4.98 Å². The van der Waals surface area contributed by atoms with Gasteiger partial charge in [0.15, 0.2) is 5.13 Å². The van der Waals surface area contributed by atoms with Crippen molar-refractivity contribution >= 4 is 38.5 Å². The molecule has 0 saturated heterocycles. The third-order valence-electron chi connectivity index (χ3n) is 5.39. The Bertz CT molecular complexity index is 852. The van der Waals surface area contributed by atoms with Crippen molar-refractivity contribution < 1.29 is 14.3 Å². The number of fused-ring (bicyclic) bond motifs is 1. The number of thiazole rings is 1. The summed E-state index contributed by atoms with van der Waals surface area (Å²) in [4.78, 5) is 31.6. The van der Waals surface area contributed by atoms with Crippen LogP contribution in [0.15, 0.2) is 36.1 Å². The van der Waals surface area contributed by atoms with Crippen LogP contribution in [0.4, 0.5) is 5.13 Å². The van der Waals surface area contributed by atoms with Crippen molar-refractivity contribution in [3.63, 3.8) is 0 Å². The second kappa shape index (κ2) is 7.68. The molecule has 2 aromatic rings. The number of hydrogen-bond donors (Lipinski definition) is 1. The standard InChI is InChI=1S/C20H23N3O3S/c1-26-14-11-18(24)23(12-14)16(10-13-6-2-3-7-13)19(25)22-20-21-15-8-4-5-9-17(15)27-20/h4-5,8-9,11,13,16H,2-3,6-7,10,12H2,1H3,(H,21,22,25)/t16-/m0/s1. The minimum Gasteiger partial charge on any atom is -0.499 e. The van der Waals surface area contributed by atoms with E-state index < -0.39 is 6.04 Å². The van der Waals surface area contributed by atoms with Gasteiger partial charge >= 0.3 is 0 Å². The minimum atomic E-state index is -0.503. The van der Waals surface area contributed by atoms with Crippen molar-refractivity contribution in [1.29, 1.82) is 0 Å². The van der Waals surface area contributed by atoms with E-state index in [4.69, 9.17) is 4.74 Å². The van der Waals surface area contributed by atoms with Crippen molar-refractivity contribution in [2.45, 2.75) is 38.1 Å². The molecule has 27 heavy (non-hydrogen) atoms. The number of anilines is 1. The predicted octanol–water partition coefficient (Wildman–Crippen LogP) is 3.56. The highest BCUT2D eigenvalue weighted by Gasteiger charge is 2.36. The molecule has 1 aromatic heterocycles. The molecule has 1 aliphatic heterocycles. The first-order chi connectivity index (χ1) is 13.1. The van der Waals surface area contributed by atoms with Crippen molar-refractivity contribution in [3.05, 3.63) is 36.1 Å². The number of nitrogens with one attached hydrogen (secondary N) is 1. The van der Waals surface area contributed by atoms with Crippen LogP contribution in [0.2, 0.25) is 0 Å². The summed E-state index contributed by atoms with van der Waals surface area (Å²) in [5.74, 6) is 0.758. The lowest BCUT2D eigenvalue weighted by molar-refractivity contribution is -0.134. The van der Waals surface area contributed by atoms with Gasteiger partial charge < -0.3 is 15.0 Å². The Morgan fingerprint density at radius 2 is 2.15 bits per heavy atom. The summed E-state index contributed by atoms with van der Waals surface area (Å²) in [5, 5.41) is 3.52. The molecule has 1 aromatic carbocycles. The molecular formula is C20H23N3O3S. The molecule has 2 aliphatic rings. The van der Waals surface area contributed by atoms with Crippen molar-refractivity contribution in [2.24, 2.45) is 5.92 Å². The fourth-order valence-corrected chi connectivity index (χ4v) is 4.82. The number of ether oxygens (including phenoxy) is 1. The topological polar surface area (TPSA) is 71.5 Å². The maximum absolute atomic E-state index is 13.1. The first kappa shape index (κ1) is 18.0. The van der Waals surface area contributed by atoms with E-state index >= 15 is 0 Å². The number of aromatic nitrogens is 1. The summed E-state index contributed by atoms with van der Waals surface area (Å²) >= 11 is 1.45. The maximum Gasteiger partial charge on any atom is 0.251 e. The molecule has 0 bridgehead atoms. The Kier molecular flexibility index (Phi) is 5.11. The molecular weight excluding hydrogens is 362 g/mol. The van der Waals surface area contributed by atoms with Gasteiger partial charge in [-0.2, -0.15) is 0 Å². The fourth-order valence-electron chi connectivity index (χ4n) is 3.95. The van der Waals surface area contributed by atoms with Crippen LogP contribution in [0.1, 0.15) is 32.1 Å². The molecule has 2 heterocycles. The quantitative estimate of drug-likeness (QED) is 0.825. The van der Waals surface area contributed by atoms with Gasteiger partial charge in [-0.1, -0.05) is 49.2 Å². The Morgan fingerprint density at radius 1 is 1.37 bits per heavy atom. The fraction of sp³-hybridized carbons (Fsp3) is 0.450.